The van der Waals surface area contributed by atoms with E-state index in [1.165, 1.54) is 20.8 Å². The smallest absolute Gasteiger partial charge is 0.381 e. The topological polar surface area (TPSA) is 52.6 Å². The summed E-state index contributed by atoms with van der Waals surface area (Å²) in [7, 11) is 0. The minimum atomic E-state index is -4.82. The third-order valence-electron chi connectivity index (χ3n) is 3.76. The summed E-state index contributed by atoms with van der Waals surface area (Å²) in [5.74, 6) is -17.3. The molecular formula is C15H22F6O4. The highest BCUT2D eigenvalue weighted by atomic mass is 19.3. The van der Waals surface area contributed by atoms with Crippen molar-refractivity contribution < 1.29 is 45.4 Å². The molecule has 25 heavy (non-hydrogen) atoms. The van der Waals surface area contributed by atoms with Crippen LogP contribution in [0.3, 0.4) is 0 Å². The van der Waals surface area contributed by atoms with Gasteiger partial charge in [0.1, 0.15) is 0 Å². The molecule has 0 heterocycles. The van der Waals surface area contributed by atoms with Crippen molar-refractivity contribution in [2.75, 3.05) is 6.61 Å². The molecule has 10 heteroatoms. The van der Waals surface area contributed by atoms with Crippen LogP contribution in [0.25, 0.3) is 0 Å². The van der Waals surface area contributed by atoms with E-state index in [0.717, 1.165) is 0 Å². The van der Waals surface area contributed by atoms with Gasteiger partial charge in [0, 0.05) is 6.92 Å². The molecule has 0 rings (SSSR count). The van der Waals surface area contributed by atoms with Crippen molar-refractivity contribution in [1.82, 2.24) is 0 Å². The summed E-state index contributed by atoms with van der Waals surface area (Å²) in [5.41, 5.74) is -1.11. The zero-order chi connectivity index (χ0) is 20.3. The van der Waals surface area contributed by atoms with Gasteiger partial charge in [-0.05, 0) is 26.7 Å². The van der Waals surface area contributed by atoms with Gasteiger partial charge < -0.3 is 9.47 Å². The Morgan fingerprint density at radius 3 is 1.76 bits per heavy atom. The third-order valence-corrected chi connectivity index (χ3v) is 3.76. The first kappa shape index (κ1) is 23.5. The number of carbonyl (C=O) groups excluding carboxylic acids is 2. The van der Waals surface area contributed by atoms with Crippen LogP contribution >= 0.6 is 0 Å². The fourth-order valence-corrected chi connectivity index (χ4v) is 1.36. The van der Waals surface area contributed by atoms with E-state index in [-0.39, 0.29) is 13.3 Å². The Balaban J connectivity index is 5.12. The maximum Gasteiger partial charge on any atom is 0.381 e. The summed E-state index contributed by atoms with van der Waals surface area (Å²) in [6.07, 6.45) is -2.53. The van der Waals surface area contributed by atoms with Crippen molar-refractivity contribution in [2.24, 2.45) is 5.41 Å². The Morgan fingerprint density at radius 2 is 1.40 bits per heavy atom. The van der Waals surface area contributed by atoms with Crippen LogP contribution in [0.2, 0.25) is 0 Å². The molecule has 0 amide bonds. The lowest BCUT2D eigenvalue weighted by molar-refractivity contribution is -0.235. The van der Waals surface area contributed by atoms with Crippen LogP contribution in [0, 0.1) is 5.41 Å². The number of halogens is 6. The number of carbonyl (C=O) groups is 2. The zero-order valence-corrected chi connectivity index (χ0v) is 14.6. The van der Waals surface area contributed by atoms with Gasteiger partial charge in [0.2, 0.25) is 0 Å². The average Bonchev–Trinajstić information content (AvgIpc) is 2.48. The van der Waals surface area contributed by atoms with Crippen LogP contribution in [-0.2, 0) is 19.1 Å². The van der Waals surface area contributed by atoms with Crippen molar-refractivity contribution in [1.29, 1.82) is 0 Å². The quantitative estimate of drug-likeness (QED) is 0.444. The van der Waals surface area contributed by atoms with Crippen molar-refractivity contribution in [3.8, 4) is 0 Å². The molecule has 0 N–H and O–H groups in total. The van der Waals surface area contributed by atoms with Gasteiger partial charge in [-0.3, -0.25) is 4.79 Å². The molecule has 0 bridgehead atoms. The summed E-state index contributed by atoms with van der Waals surface area (Å²) in [5, 5.41) is 0. The first-order valence-corrected chi connectivity index (χ1v) is 7.54. The predicted octanol–water partition coefficient (Wildman–Crippen LogP) is 4.21. The van der Waals surface area contributed by atoms with Crippen LogP contribution in [0.4, 0.5) is 26.3 Å². The predicted molar refractivity (Wildman–Crippen MR) is 75.7 cm³/mol. The maximum absolute atomic E-state index is 14.0. The highest BCUT2D eigenvalue weighted by Gasteiger charge is 2.56. The highest BCUT2D eigenvalue weighted by Crippen LogP contribution is 2.35. The number of hydrogen-bond acceptors (Lipinski definition) is 4. The molecule has 0 aliphatic heterocycles. The second-order valence-electron chi connectivity index (χ2n) is 6.33. The first-order chi connectivity index (χ1) is 11.0. The molecule has 0 fully saturated rings. The Labute approximate surface area is 141 Å². The van der Waals surface area contributed by atoms with E-state index in [1.54, 1.807) is 6.92 Å². The van der Waals surface area contributed by atoms with Crippen molar-refractivity contribution in [2.45, 2.75) is 71.3 Å². The fourth-order valence-electron chi connectivity index (χ4n) is 1.36. The lowest BCUT2D eigenvalue weighted by Crippen LogP contribution is -2.49. The molecule has 0 aromatic rings. The summed E-state index contributed by atoms with van der Waals surface area (Å²) in [6.45, 7) is 3.29. The van der Waals surface area contributed by atoms with Crippen LogP contribution in [-0.4, -0.2) is 42.4 Å². The average molecular weight is 380 g/mol. The van der Waals surface area contributed by atoms with E-state index in [1.807, 2.05) is 0 Å². The SMILES string of the molecule is CCC(OC(=O)C(C)(C)CC)C(F)(F)C(=O)OCC(F)(F)C(C)(F)F. The van der Waals surface area contributed by atoms with Crippen LogP contribution < -0.4 is 0 Å². The number of alkyl halides is 6. The molecule has 148 valence electrons. The minimum Gasteiger partial charge on any atom is -0.455 e. The largest absolute Gasteiger partial charge is 0.455 e. The van der Waals surface area contributed by atoms with E-state index in [4.69, 9.17) is 0 Å². The van der Waals surface area contributed by atoms with E-state index in [2.05, 4.69) is 9.47 Å². The van der Waals surface area contributed by atoms with E-state index >= 15 is 0 Å². The lowest BCUT2D eigenvalue weighted by Gasteiger charge is -2.29. The number of hydrogen-bond donors (Lipinski definition) is 0. The fraction of sp³-hybridized carbons (Fsp3) is 0.867. The van der Waals surface area contributed by atoms with E-state index < -0.39 is 54.3 Å². The molecule has 0 saturated heterocycles. The highest BCUT2D eigenvalue weighted by molar-refractivity contribution is 5.80. The first-order valence-electron chi connectivity index (χ1n) is 7.54. The number of esters is 2. The lowest BCUT2D eigenvalue weighted by atomic mass is 9.90. The molecule has 1 unspecified atom stereocenters. The third kappa shape index (κ3) is 5.78. The van der Waals surface area contributed by atoms with Gasteiger partial charge in [-0.1, -0.05) is 13.8 Å². The normalized spacial score (nSPS) is 14.8. The van der Waals surface area contributed by atoms with E-state index in [0.29, 0.717) is 0 Å². The summed E-state index contributed by atoms with van der Waals surface area (Å²) >= 11 is 0. The van der Waals surface area contributed by atoms with Crippen LogP contribution in [0.5, 0.6) is 0 Å². The molecule has 0 aliphatic rings. The minimum absolute atomic E-state index is 0.136. The maximum atomic E-state index is 14.0. The summed E-state index contributed by atoms with van der Waals surface area (Å²) in [4.78, 5) is 23.3. The zero-order valence-electron chi connectivity index (χ0n) is 14.6. The molecule has 1 atom stereocenters. The molecule has 0 aromatic heterocycles. The van der Waals surface area contributed by atoms with Gasteiger partial charge in [-0.25, -0.2) is 13.6 Å². The van der Waals surface area contributed by atoms with Crippen LogP contribution in [0.1, 0.15) is 47.5 Å². The van der Waals surface area contributed by atoms with Crippen molar-refractivity contribution >= 4 is 11.9 Å². The van der Waals surface area contributed by atoms with Crippen molar-refractivity contribution in [3.05, 3.63) is 0 Å². The molecule has 0 aliphatic carbocycles. The van der Waals surface area contributed by atoms with Gasteiger partial charge in [0.05, 0.1) is 5.41 Å². The van der Waals surface area contributed by atoms with Crippen LogP contribution in [0.15, 0.2) is 0 Å². The molecule has 0 aromatic carbocycles. The number of rotatable bonds is 9. The van der Waals surface area contributed by atoms with Gasteiger partial charge in [0.15, 0.2) is 12.7 Å². The summed E-state index contributed by atoms with van der Waals surface area (Å²) < 4.78 is 87.6. The molecular weight excluding hydrogens is 358 g/mol. The van der Waals surface area contributed by atoms with Gasteiger partial charge >= 0.3 is 29.7 Å². The van der Waals surface area contributed by atoms with Gasteiger partial charge in [-0.15, -0.1) is 0 Å². The Kier molecular flexibility index (Phi) is 7.36. The molecule has 0 radical (unpaired) electrons. The molecule has 0 spiro atoms. The van der Waals surface area contributed by atoms with E-state index in [9.17, 15) is 35.9 Å². The van der Waals surface area contributed by atoms with Crippen molar-refractivity contribution in [3.63, 3.8) is 0 Å². The Morgan fingerprint density at radius 1 is 0.920 bits per heavy atom. The van der Waals surface area contributed by atoms with Gasteiger partial charge in [0.25, 0.3) is 0 Å². The second-order valence-corrected chi connectivity index (χ2v) is 6.33. The standard InChI is InChI=1S/C15H22F6O4/c1-6-9(25-10(22)12(3,4)7-2)15(20,21)11(23)24-8-14(18,19)13(5,16)17/h9H,6-8H2,1-5H3. The monoisotopic (exact) mass is 380 g/mol. The second kappa shape index (κ2) is 7.82. The number of ether oxygens (including phenoxy) is 2. The Hall–Kier alpha value is -1.48. The molecule has 0 saturated carbocycles. The van der Waals surface area contributed by atoms with Gasteiger partial charge in [-0.2, -0.15) is 17.6 Å². The summed E-state index contributed by atoms with van der Waals surface area (Å²) in [6, 6.07) is 0. The molecule has 4 nitrogen and oxygen atoms in total. The Bertz CT molecular complexity index is 485.